The summed E-state index contributed by atoms with van der Waals surface area (Å²) in [5.41, 5.74) is 2.24. The summed E-state index contributed by atoms with van der Waals surface area (Å²) < 4.78 is 0. The van der Waals surface area contributed by atoms with Crippen molar-refractivity contribution in [2.45, 2.75) is 57.0 Å². The second-order valence-electron chi connectivity index (χ2n) is 6.13. The largest absolute Gasteiger partial charge is 0.381 e. The van der Waals surface area contributed by atoms with E-state index in [4.69, 9.17) is 0 Å². The summed E-state index contributed by atoms with van der Waals surface area (Å²) >= 11 is 0. The maximum absolute atomic E-state index is 12.2. The molecule has 0 saturated heterocycles. The van der Waals surface area contributed by atoms with Crippen molar-refractivity contribution < 1.29 is 9.90 Å². The average molecular weight is 244 g/mol. The van der Waals surface area contributed by atoms with Gasteiger partial charge < -0.3 is 5.11 Å². The van der Waals surface area contributed by atoms with E-state index in [1.807, 2.05) is 0 Å². The Bertz CT molecular complexity index is 520. The highest BCUT2D eigenvalue weighted by Gasteiger charge is 2.56. The smallest absolute Gasteiger partial charge is 0.165 e. The van der Waals surface area contributed by atoms with Crippen LogP contribution in [-0.4, -0.2) is 16.5 Å². The minimum atomic E-state index is -1.13. The molecule has 0 aromatic heterocycles. The van der Waals surface area contributed by atoms with Crippen molar-refractivity contribution in [1.29, 1.82) is 0 Å². The van der Waals surface area contributed by atoms with E-state index in [0.717, 1.165) is 19.3 Å². The van der Waals surface area contributed by atoms with Crippen LogP contribution in [0.5, 0.6) is 0 Å². The Kier molecular flexibility index (Phi) is 2.43. The molecular formula is C16H20O2. The number of rotatable bonds is 0. The lowest BCUT2D eigenvalue weighted by atomic mass is 9.55. The molecule has 2 nitrogen and oxygen atoms in total. The van der Waals surface area contributed by atoms with E-state index >= 15 is 0 Å². The van der Waals surface area contributed by atoms with E-state index in [2.05, 4.69) is 32.0 Å². The van der Waals surface area contributed by atoms with Gasteiger partial charge in [0.25, 0.3) is 0 Å². The molecule has 1 saturated carbocycles. The summed E-state index contributed by atoms with van der Waals surface area (Å²) in [7, 11) is 0. The molecule has 1 aromatic carbocycles. The number of benzene rings is 1. The molecule has 18 heavy (non-hydrogen) atoms. The Morgan fingerprint density at radius 1 is 1.22 bits per heavy atom. The molecule has 0 amide bonds. The molecule has 0 unspecified atom stereocenters. The normalized spacial score (nSPS) is 34.9. The van der Waals surface area contributed by atoms with Gasteiger partial charge in [0.2, 0.25) is 0 Å². The van der Waals surface area contributed by atoms with Crippen molar-refractivity contribution in [2.75, 3.05) is 0 Å². The Morgan fingerprint density at radius 3 is 2.78 bits per heavy atom. The third-order valence-corrected chi connectivity index (χ3v) is 5.07. The monoisotopic (exact) mass is 244 g/mol. The van der Waals surface area contributed by atoms with E-state index in [9.17, 15) is 9.90 Å². The SMILES string of the molecule is Cc1ccc2c(c1)CC[C@@]1(O)C(=O)CCC[C@@]21C. The summed E-state index contributed by atoms with van der Waals surface area (Å²) in [6.07, 6.45) is 3.73. The molecular weight excluding hydrogens is 224 g/mol. The fraction of sp³-hybridized carbons (Fsp3) is 0.562. The van der Waals surface area contributed by atoms with Crippen LogP contribution < -0.4 is 0 Å². The number of carbonyl (C=O) groups excluding carboxylic acids is 1. The van der Waals surface area contributed by atoms with Crippen LogP contribution in [0.1, 0.15) is 49.3 Å². The fourth-order valence-electron chi connectivity index (χ4n) is 3.88. The van der Waals surface area contributed by atoms with Crippen LogP contribution in [0.2, 0.25) is 0 Å². The van der Waals surface area contributed by atoms with Crippen LogP contribution in [-0.2, 0) is 16.6 Å². The molecule has 1 fully saturated rings. The highest BCUT2D eigenvalue weighted by Crippen LogP contribution is 2.51. The zero-order valence-corrected chi connectivity index (χ0v) is 11.1. The van der Waals surface area contributed by atoms with Gasteiger partial charge in [-0.15, -0.1) is 0 Å². The van der Waals surface area contributed by atoms with Crippen LogP contribution in [0.3, 0.4) is 0 Å². The lowest BCUT2D eigenvalue weighted by Gasteiger charge is -2.51. The van der Waals surface area contributed by atoms with Gasteiger partial charge in [-0.25, -0.2) is 0 Å². The quantitative estimate of drug-likeness (QED) is 0.762. The van der Waals surface area contributed by atoms with Crippen molar-refractivity contribution in [1.82, 2.24) is 0 Å². The van der Waals surface area contributed by atoms with E-state index in [1.54, 1.807) is 0 Å². The van der Waals surface area contributed by atoms with Gasteiger partial charge in [0, 0.05) is 11.8 Å². The Balaban J connectivity index is 2.19. The summed E-state index contributed by atoms with van der Waals surface area (Å²) in [5, 5.41) is 10.9. The summed E-state index contributed by atoms with van der Waals surface area (Å²) in [4.78, 5) is 12.2. The van der Waals surface area contributed by atoms with E-state index in [-0.39, 0.29) is 11.2 Å². The predicted molar refractivity (Wildman–Crippen MR) is 70.7 cm³/mol. The van der Waals surface area contributed by atoms with Gasteiger partial charge in [-0.05, 0) is 43.7 Å². The molecule has 2 aliphatic rings. The minimum absolute atomic E-state index is 0.0440. The van der Waals surface area contributed by atoms with Crippen LogP contribution >= 0.6 is 0 Å². The summed E-state index contributed by atoms with van der Waals surface area (Å²) in [6, 6.07) is 6.42. The molecule has 0 aliphatic heterocycles. The molecule has 96 valence electrons. The molecule has 2 heteroatoms. The van der Waals surface area contributed by atoms with Crippen LogP contribution in [0.4, 0.5) is 0 Å². The Morgan fingerprint density at radius 2 is 2.00 bits per heavy atom. The zero-order valence-electron chi connectivity index (χ0n) is 11.1. The molecule has 0 bridgehead atoms. The first-order chi connectivity index (χ1) is 8.47. The van der Waals surface area contributed by atoms with E-state index in [1.165, 1.54) is 16.7 Å². The standard InChI is InChI=1S/C16H20O2/c1-11-5-6-13-12(10-11)7-9-16(18)14(17)4-3-8-15(13,16)2/h5-6,10,18H,3-4,7-9H2,1-2H3/t15-,16+/m0/s1. The number of carbonyl (C=O) groups is 1. The first-order valence-electron chi connectivity index (χ1n) is 6.83. The van der Waals surface area contributed by atoms with Crippen LogP contribution in [0, 0.1) is 6.92 Å². The molecule has 3 rings (SSSR count). The summed E-state index contributed by atoms with van der Waals surface area (Å²) in [6.45, 7) is 4.16. The number of hydrogen-bond acceptors (Lipinski definition) is 2. The predicted octanol–water partition coefficient (Wildman–Crippen LogP) is 2.68. The van der Waals surface area contributed by atoms with Crippen LogP contribution in [0.25, 0.3) is 0 Å². The molecule has 0 heterocycles. The highest BCUT2D eigenvalue weighted by atomic mass is 16.3. The molecule has 2 aliphatic carbocycles. The number of aryl methyl sites for hydroxylation is 2. The van der Waals surface area contributed by atoms with Crippen molar-refractivity contribution in [3.63, 3.8) is 0 Å². The molecule has 2 atom stereocenters. The highest BCUT2D eigenvalue weighted by molar-refractivity contribution is 5.90. The number of Topliss-reactive ketones (excluding diaryl/α,β-unsaturated/α-hetero) is 1. The van der Waals surface area contributed by atoms with Gasteiger partial charge in [0.05, 0.1) is 0 Å². The third-order valence-electron chi connectivity index (χ3n) is 5.07. The Hall–Kier alpha value is -1.15. The first-order valence-corrected chi connectivity index (χ1v) is 6.83. The average Bonchev–Trinajstić information content (AvgIpc) is 2.33. The van der Waals surface area contributed by atoms with Gasteiger partial charge in [-0.1, -0.05) is 30.7 Å². The van der Waals surface area contributed by atoms with Crippen LogP contribution in [0.15, 0.2) is 18.2 Å². The molecule has 1 aromatic rings. The topological polar surface area (TPSA) is 37.3 Å². The zero-order chi connectivity index (χ0) is 13.0. The number of ketones is 1. The van der Waals surface area contributed by atoms with Crippen molar-refractivity contribution >= 4 is 5.78 Å². The van der Waals surface area contributed by atoms with Gasteiger partial charge >= 0.3 is 0 Å². The third kappa shape index (κ3) is 1.36. The van der Waals surface area contributed by atoms with E-state index in [0.29, 0.717) is 12.8 Å². The van der Waals surface area contributed by atoms with Gasteiger partial charge in [0.15, 0.2) is 5.78 Å². The number of aliphatic hydroxyl groups is 1. The van der Waals surface area contributed by atoms with Gasteiger partial charge in [0.1, 0.15) is 5.60 Å². The van der Waals surface area contributed by atoms with E-state index < -0.39 is 5.60 Å². The first kappa shape index (κ1) is 11.9. The second kappa shape index (κ2) is 3.67. The maximum atomic E-state index is 12.2. The lowest BCUT2D eigenvalue weighted by molar-refractivity contribution is -0.153. The van der Waals surface area contributed by atoms with Gasteiger partial charge in [-0.3, -0.25) is 4.79 Å². The Labute approximate surface area is 108 Å². The second-order valence-corrected chi connectivity index (χ2v) is 6.13. The maximum Gasteiger partial charge on any atom is 0.165 e. The number of fused-ring (bicyclic) bond motifs is 3. The van der Waals surface area contributed by atoms with Crippen molar-refractivity contribution in [3.8, 4) is 0 Å². The number of hydrogen-bond donors (Lipinski definition) is 1. The van der Waals surface area contributed by atoms with Crippen molar-refractivity contribution in [3.05, 3.63) is 34.9 Å². The minimum Gasteiger partial charge on any atom is -0.381 e. The van der Waals surface area contributed by atoms with Gasteiger partial charge in [-0.2, -0.15) is 0 Å². The molecule has 1 N–H and O–H groups in total. The fourth-order valence-corrected chi connectivity index (χ4v) is 3.88. The molecule has 0 radical (unpaired) electrons. The lowest BCUT2D eigenvalue weighted by Crippen LogP contribution is -2.60. The molecule has 0 spiro atoms. The summed E-state index contributed by atoms with van der Waals surface area (Å²) in [5.74, 6) is 0.0440. The van der Waals surface area contributed by atoms with Crippen molar-refractivity contribution in [2.24, 2.45) is 0 Å².